The van der Waals surface area contributed by atoms with Gasteiger partial charge in [0.25, 0.3) is 0 Å². The highest BCUT2D eigenvalue weighted by molar-refractivity contribution is 6.34. The summed E-state index contributed by atoms with van der Waals surface area (Å²) in [7, 11) is 0. The second-order valence-electron chi connectivity index (χ2n) is 19.6. The van der Waals surface area contributed by atoms with E-state index in [1.54, 1.807) is 18.2 Å². The highest BCUT2D eigenvalue weighted by Crippen LogP contribution is 2.55. The van der Waals surface area contributed by atoms with Crippen molar-refractivity contribution in [1.29, 1.82) is 0 Å². The first-order valence-electron chi connectivity index (χ1n) is 24.8. The third-order valence-corrected chi connectivity index (χ3v) is 14.7. The van der Waals surface area contributed by atoms with Crippen LogP contribution < -0.4 is 0 Å². The molecule has 11 aromatic rings. The number of allylic oxidation sites excluding steroid dienone is 4. The maximum absolute atomic E-state index is 16.2. The summed E-state index contributed by atoms with van der Waals surface area (Å²) in [5.41, 5.74) is 14.3. The molecule has 74 heavy (non-hydrogen) atoms. The van der Waals surface area contributed by atoms with E-state index in [9.17, 15) is 4.39 Å². The molecule has 0 aromatic heterocycles. The number of hydrogen-bond donors (Lipinski definition) is 0. The second kappa shape index (κ2) is 18.7. The van der Waals surface area contributed by atoms with Gasteiger partial charge in [0.1, 0.15) is 29.4 Å². The molecule has 0 bridgehead atoms. The number of fused-ring (bicyclic) bond motifs is 3. The highest BCUT2D eigenvalue weighted by atomic mass is 19.1. The van der Waals surface area contributed by atoms with Crippen molar-refractivity contribution in [3.8, 4) is 77.9 Å². The number of alkyl halides is 1. The lowest BCUT2D eigenvalue weighted by Gasteiger charge is -2.26. The van der Waals surface area contributed by atoms with E-state index in [2.05, 4.69) is 48.5 Å². The zero-order valence-corrected chi connectivity index (χ0v) is 40.9. The Morgan fingerprint density at radius 1 is 0.338 bits per heavy atom. The van der Waals surface area contributed by atoms with Crippen LogP contribution in [0.15, 0.2) is 218 Å². The largest absolute Gasteiger partial charge is 0.242 e. The van der Waals surface area contributed by atoms with Gasteiger partial charge in [-0.1, -0.05) is 175 Å². The van der Waals surface area contributed by atoms with Crippen LogP contribution in [0, 0.1) is 37.1 Å². The molecule has 0 N–H and O–H groups in total. The van der Waals surface area contributed by atoms with E-state index in [1.807, 2.05) is 148 Å². The molecule has 1 aliphatic carbocycles. The van der Waals surface area contributed by atoms with Crippen molar-refractivity contribution in [3.63, 3.8) is 0 Å². The Kier molecular flexibility index (Phi) is 11.8. The van der Waals surface area contributed by atoms with Crippen molar-refractivity contribution in [3.05, 3.63) is 258 Å². The quantitative estimate of drug-likeness (QED) is 0.105. The topological polar surface area (TPSA) is 0 Å². The molecule has 0 saturated carbocycles. The van der Waals surface area contributed by atoms with E-state index in [4.69, 9.17) is 0 Å². The van der Waals surface area contributed by atoms with Gasteiger partial charge in [-0.2, -0.15) is 0 Å². The fourth-order valence-electron chi connectivity index (χ4n) is 11.1. The van der Waals surface area contributed by atoms with Gasteiger partial charge >= 0.3 is 0 Å². The van der Waals surface area contributed by atoms with Crippen LogP contribution in [0.1, 0.15) is 30.0 Å². The molecule has 0 aliphatic heterocycles. The Morgan fingerprint density at radius 2 is 0.730 bits per heavy atom. The van der Waals surface area contributed by atoms with Gasteiger partial charge in [-0.25, -0.2) is 22.0 Å². The normalized spacial score (nSPS) is 13.6. The predicted octanol–water partition coefficient (Wildman–Crippen LogP) is 20.1. The van der Waals surface area contributed by atoms with Crippen molar-refractivity contribution in [2.24, 2.45) is 0 Å². The molecule has 0 saturated heterocycles. The molecule has 1 atom stereocenters. The fourth-order valence-corrected chi connectivity index (χ4v) is 11.1. The van der Waals surface area contributed by atoms with Gasteiger partial charge in [0.2, 0.25) is 0 Å². The molecule has 0 nitrogen and oxygen atoms in total. The van der Waals surface area contributed by atoms with Gasteiger partial charge < -0.3 is 0 Å². The standard InChI is InChI=1S/C69H47F5/c1-40-14-28-52(60(71)34-40)43-17-21-47(22-18-43)64-56-31-25-49(54-30-16-42(3)36-62(54)73)37-58(56)66(45-10-6-4-7-11-45)68-65(48-23-19-44(20-24-48)53-29-15-41(2)35-61(53)72)57-32-26-50(55-33-27-51(70)39-63(55)74)38-59(57)67(69(64)68)46-12-8-5-9-13-46/h4-34,36-39,61H,35H2,1-3H3. The van der Waals surface area contributed by atoms with E-state index >= 15 is 17.6 Å². The van der Waals surface area contributed by atoms with Crippen LogP contribution in [0.2, 0.25) is 0 Å². The SMILES string of the molecule is CC1=CC=C(c2ccc(-c3c4ccc(-c5ccc(F)cc5F)cc4c(-c4ccccc4)c4c(-c5ccc(-c6ccc(C)cc6F)cc5)c5ccc(-c6ccc(C)cc6F)cc5c(-c5ccccc5)c34)cc2)C(F)C1. The molecule has 12 rings (SSSR count). The summed E-state index contributed by atoms with van der Waals surface area (Å²) < 4.78 is 78.2. The van der Waals surface area contributed by atoms with E-state index < -0.39 is 17.8 Å². The molecule has 0 heterocycles. The Morgan fingerprint density at radius 3 is 1.19 bits per heavy atom. The molecule has 5 heteroatoms. The van der Waals surface area contributed by atoms with Gasteiger partial charge in [-0.05, 0) is 173 Å². The minimum absolute atomic E-state index is 0.252. The van der Waals surface area contributed by atoms with Crippen LogP contribution in [-0.4, -0.2) is 6.17 Å². The van der Waals surface area contributed by atoms with E-state index in [0.29, 0.717) is 39.8 Å². The van der Waals surface area contributed by atoms with Gasteiger partial charge in [0.05, 0.1) is 0 Å². The van der Waals surface area contributed by atoms with Crippen LogP contribution in [0.3, 0.4) is 0 Å². The maximum atomic E-state index is 16.2. The Labute approximate surface area is 427 Å². The zero-order valence-electron chi connectivity index (χ0n) is 40.9. The number of rotatable bonds is 8. The Balaban J connectivity index is 1.30. The first-order chi connectivity index (χ1) is 36.0. The van der Waals surface area contributed by atoms with E-state index in [-0.39, 0.29) is 17.2 Å². The lowest BCUT2D eigenvalue weighted by Crippen LogP contribution is -2.07. The summed E-state index contributed by atoms with van der Waals surface area (Å²) in [6.45, 7) is 5.68. The monoisotopic (exact) mass is 970 g/mol. The number of aryl methyl sites for hydroxylation is 2. The van der Waals surface area contributed by atoms with Crippen LogP contribution in [0.25, 0.3) is 116 Å². The molecule has 0 amide bonds. The molecule has 358 valence electrons. The lowest BCUT2D eigenvalue weighted by molar-refractivity contribution is 0.407. The average molecular weight is 971 g/mol. The van der Waals surface area contributed by atoms with Crippen molar-refractivity contribution in [2.45, 2.75) is 33.4 Å². The van der Waals surface area contributed by atoms with Gasteiger partial charge in [-0.15, -0.1) is 0 Å². The molecule has 1 unspecified atom stereocenters. The van der Waals surface area contributed by atoms with Crippen LogP contribution >= 0.6 is 0 Å². The van der Waals surface area contributed by atoms with Gasteiger partial charge in [-0.3, -0.25) is 0 Å². The molecule has 1 aliphatic rings. The van der Waals surface area contributed by atoms with Crippen molar-refractivity contribution < 1.29 is 22.0 Å². The Bertz CT molecular complexity index is 4090. The smallest absolute Gasteiger partial charge is 0.133 e. The average Bonchev–Trinajstić information content (AvgIpc) is 3.40. The van der Waals surface area contributed by atoms with Gasteiger partial charge in [0.15, 0.2) is 0 Å². The van der Waals surface area contributed by atoms with Crippen LogP contribution in [0.4, 0.5) is 22.0 Å². The number of halogens is 5. The highest BCUT2D eigenvalue weighted by Gasteiger charge is 2.28. The summed E-state index contributed by atoms with van der Waals surface area (Å²) in [4.78, 5) is 0. The molecule has 0 spiro atoms. The third kappa shape index (κ3) is 8.19. The summed E-state index contributed by atoms with van der Waals surface area (Å²) in [6.07, 6.45) is 3.02. The van der Waals surface area contributed by atoms with E-state index in [0.717, 1.165) is 105 Å². The molecule has 0 fully saturated rings. The number of benzene rings is 11. The first-order valence-corrected chi connectivity index (χ1v) is 24.8. The summed E-state index contributed by atoms with van der Waals surface area (Å²) in [5, 5.41) is 5.26. The molecule has 11 aromatic carbocycles. The Hall–Kier alpha value is -8.67. The molecule has 0 radical (unpaired) electrons. The van der Waals surface area contributed by atoms with E-state index in [1.165, 1.54) is 12.1 Å². The fraction of sp³-hybridized carbons (Fsp3) is 0.0725. The molecular weight excluding hydrogens is 924 g/mol. The third-order valence-electron chi connectivity index (χ3n) is 14.7. The summed E-state index contributed by atoms with van der Waals surface area (Å²) in [5.74, 6) is -1.99. The summed E-state index contributed by atoms with van der Waals surface area (Å²) in [6, 6.07) is 62.7. The lowest BCUT2D eigenvalue weighted by atomic mass is 9.76. The minimum Gasteiger partial charge on any atom is -0.242 e. The predicted molar refractivity (Wildman–Crippen MR) is 298 cm³/mol. The van der Waals surface area contributed by atoms with Crippen molar-refractivity contribution in [1.82, 2.24) is 0 Å². The number of hydrogen-bond acceptors (Lipinski definition) is 0. The van der Waals surface area contributed by atoms with Gasteiger partial charge in [0, 0.05) is 29.2 Å². The minimum atomic E-state index is -1.15. The van der Waals surface area contributed by atoms with Crippen molar-refractivity contribution >= 4 is 37.9 Å². The molecular formula is C69H47F5. The maximum Gasteiger partial charge on any atom is 0.133 e. The van der Waals surface area contributed by atoms with Crippen LogP contribution in [-0.2, 0) is 0 Å². The second-order valence-corrected chi connectivity index (χ2v) is 19.6. The zero-order chi connectivity index (χ0) is 50.8. The van der Waals surface area contributed by atoms with Crippen LogP contribution in [0.5, 0.6) is 0 Å². The van der Waals surface area contributed by atoms with Crippen molar-refractivity contribution in [2.75, 3.05) is 0 Å². The first kappa shape index (κ1) is 46.4. The summed E-state index contributed by atoms with van der Waals surface area (Å²) >= 11 is 0.